The van der Waals surface area contributed by atoms with Crippen LogP contribution in [0.1, 0.15) is 39.4 Å². The molecule has 4 aromatic carbocycles. The van der Waals surface area contributed by atoms with Gasteiger partial charge in [-0.15, -0.1) is 0 Å². The van der Waals surface area contributed by atoms with Gasteiger partial charge >= 0.3 is 12.1 Å². The first-order chi connectivity index (χ1) is 19.8. The topological polar surface area (TPSA) is 95.9 Å². The van der Waals surface area contributed by atoms with E-state index in [0.29, 0.717) is 5.56 Å². The van der Waals surface area contributed by atoms with Gasteiger partial charge < -0.3 is 14.7 Å². The molecule has 0 aromatic heterocycles. The molecule has 7 nitrogen and oxygen atoms in total. The smallest absolute Gasteiger partial charge is 0.411 e. The number of carboxylic acid groups (broad SMARTS) is 1. The van der Waals surface area contributed by atoms with Gasteiger partial charge in [0.1, 0.15) is 18.0 Å². The van der Waals surface area contributed by atoms with Crippen molar-refractivity contribution in [1.82, 2.24) is 4.90 Å². The lowest BCUT2D eigenvalue weighted by Gasteiger charge is -2.23. The van der Waals surface area contributed by atoms with Crippen LogP contribution in [0.4, 0.5) is 19.3 Å². The average Bonchev–Trinajstić information content (AvgIpc) is 3.29. The first kappa shape index (κ1) is 27.5. The van der Waals surface area contributed by atoms with Crippen molar-refractivity contribution in [1.29, 1.82) is 0 Å². The lowest BCUT2D eigenvalue weighted by molar-refractivity contribution is -0.137. The summed E-state index contributed by atoms with van der Waals surface area (Å²) in [6.07, 6.45) is -1.39. The van der Waals surface area contributed by atoms with Crippen LogP contribution < -0.4 is 5.32 Å². The molecule has 0 fully saturated rings. The molecule has 0 saturated heterocycles. The molecule has 208 valence electrons. The minimum Gasteiger partial charge on any atom is -0.481 e. The number of hydrogen-bond acceptors (Lipinski definition) is 4. The number of nitrogens with one attached hydrogen (secondary N) is 1. The first-order valence-corrected chi connectivity index (χ1v) is 13.0. The number of carbonyl (C=O) groups excluding carboxylic acids is 2. The lowest BCUT2D eigenvalue weighted by atomic mass is 9.98. The van der Waals surface area contributed by atoms with E-state index in [1.165, 1.54) is 0 Å². The van der Waals surface area contributed by atoms with Gasteiger partial charge in [0, 0.05) is 19.0 Å². The Morgan fingerprint density at radius 2 is 1.44 bits per heavy atom. The SMILES string of the molecule is O=C(O)CCN(Cc1ccccc1)C(=O)c1c(F)ccc(NC(=O)OCC2c3ccccc3-c3ccccc32)c1F. The predicted molar refractivity (Wildman–Crippen MR) is 148 cm³/mol. The molecule has 0 saturated carbocycles. The van der Waals surface area contributed by atoms with Gasteiger partial charge in [-0.25, -0.2) is 13.6 Å². The summed E-state index contributed by atoms with van der Waals surface area (Å²) in [5, 5.41) is 11.4. The minimum absolute atomic E-state index is 0.0193. The molecule has 2 amide bonds. The van der Waals surface area contributed by atoms with E-state index < -0.39 is 47.3 Å². The van der Waals surface area contributed by atoms with E-state index in [-0.39, 0.29) is 25.6 Å². The Hall–Kier alpha value is -5.05. The fourth-order valence-corrected chi connectivity index (χ4v) is 5.03. The second kappa shape index (κ2) is 12.0. The van der Waals surface area contributed by atoms with E-state index in [4.69, 9.17) is 9.84 Å². The molecular formula is C32H26F2N2O5. The van der Waals surface area contributed by atoms with Crippen LogP contribution >= 0.6 is 0 Å². The van der Waals surface area contributed by atoms with Crippen LogP contribution in [0.3, 0.4) is 0 Å². The number of halogens is 2. The normalized spacial score (nSPS) is 11.9. The van der Waals surface area contributed by atoms with Gasteiger partial charge in [0.2, 0.25) is 0 Å². The van der Waals surface area contributed by atoms with Gasteiger partial charge in [-0.3, -0.25) is 14.9 Å². The van der Waals surface area contributed by atoms with Crippen LogP contribution in [-0.2, 0) is 16.1 Å². The highest BCUT2D eigenvalue weighted by molar-refractivity contribution is 5.97. The van der Waals surface area contributed by atoms with Gasteiger partial charge in [-0.05, 0) is 39.9 Å². The molecule has 0 bridgehead atoms. The van der Waals surface area contributed by atoms with Gasteiger partial charge in [-0.2, -0.15) is 0 Å². The standard InChI is InChI=1S/C32H26F2N2O5/c33-26-14-15-27(30(34)29(26)31(39)36(17-16-28(37)38)18-20-8-2-1-3-9-20)35-32(40)41-19-25-23-12-6-4-10-21(23)22-11-5-7-13-24(22)25/h1-15,25H,16-19H2,(H,35,40)(H,37,38). The van der Waals surface area contributed by atoms with Crippen LogP contribution in [-0.4, -0.2) is 41.1 Å². The lowest BCUT2D eigenvalue weighted by Crippen LogP contribution is -2.34. The number of amides is 2. The second-order valence-corrected chi connectivity index (χ2v) is 9.59. The Bertz CT molecular complexity index is 1560. The molecule has 0 atom stereocenters. The van der Waals surface area contributed by atoms with E-state index >= 15 is 4.39 Å². The minimum atomic E-state index is -1.28. The van der Waals surface area contributed by atoms with Crippen molar-refractivity contribution in [2.24, 2.45) is 0 Å². The molecule has 1 aliphatic carbocycles. The number of hydrogen-bond donors (Lipinski definition) is 2. The van der Waals surface area contributed by atoms with Crippen molar-refractivity contribution in [2.75, 3.05) is 18.5 Å². The third-order valence-corrected chi connectivity index (χ3v) is 6.98. The molecule has 9 heteroatoms. The third kappa shape index (κ3) is 5.94. The fraction of sp³-hybridized carbons (Fsp3) is 0.156. The van der Waals surface area contributed by atoms with Crippen molar-refractivity contribution in [3.05, 3.63) is 125 Å². The maximum absolute atomic E-state index is 15.5. The Morgan fingerprint density at radius 1 is 0.829 bits per heavy atom. The molecule has 0 aliphatic heterocycles. The van der Waals surface area contributed by atoms with Crippen molar-refractivity contribution >= 4 is 23.7 Å². The van der Waals surface area contributed by atoms with Gasteiger partial charge in [0.15, 0.2) is 5.82 Å². The molecule has 0 heterocycles. The second-order valence-electron chi connectivity index (χ2n) is 9.59. The highest BCUT2D eigenvalue weighted by Crippen LogP contribution is 2.44. The summed E-state index contributed by atoms with van der Waals surface area (Å²) in [6, 6.07) is 26.1. The summed E-state index contributed by atoms with van der Waals surface area (Å²) in [5.74, 6) is -4.84. The van der Waals surface area contributed by atoms with Crippen LogP contribution in [0.2, 0.25) is 0 Å². The molecule has 41 heavy (non-hydrogen) atoms. The van der Waals surface area contributed by atoms with Gasteiger partial charge in [0.05, 0.1) is 12.1 Å². The zero-order chi connectivity index (χ0) is 28.9. The molecule has 0 radical (unpaired) electrons. The highest BCUT2D eigenvalue weighted by Gasteiger charge is 2.30. The van der Waals surface area contributed by atoms with E-state index in [2.05, 4.69) is 5.32 Å². The number of rotatable bonds is 9. The van der Waals surface area contributed by atoms with Crippen molar-refractivity contribution in [2.45, 2.75) is 18.9 Å². The van der Waals surface area contributed by atoms with E-state index in [9.17, 15) is 18.8 Å². The van der Waals surface area contributed by atoms with Crippen molar-refractivity contribution in [3.8, 4) is 11.1 Å². The number of anilines is 1. The van der Waals surface area contributed by atoms with E-state index in [0.717, 1.165) is 39.3 Å². The van der Waals surface area contributed by atoms with Crippen LogP contribution in [0.5, 0.6) is 0 Å². The number of ether oxygens (including phenoxy) is 1. The number of carbonyl (C=O) groups is 3. The zero-order valence-electron chi connectivity index (χ0n) is 21.8. The number of fused-ring (bicyclic) bond motifs is 3. The Kier molecular flexibility index (Phi) is 8.05. The maximum Gasteiger partial charge on any atom is 0.411 e. The molecule has 0 spiro atoms. The van der Waals surface area contributed by atoms with Crippen molar-refractivity contribution in [3.63, 3.8) is 0 Å². The van der Waals surface area contributed by atoms with Crippen LogP contribution in [0, 0.1) is 11.6 Å². The maximum atomic E-state index is 15.5. The number of nitrogens with zero attached hydrogens (tertiary/aromatic N) is 1. The third-order valence-electron chi connectivity index (χ3n) is 6.98. The number of benzene rings is 4. The van der Waals surface area contributed by atoms with Crippen LogP contribution in [0.25, 0.3) is 11.1 Å². The Morgan fingerprint density at radius 3 is 2.07 bits per heavy atom. The van der Waals surface area contributed by atoms with Crippen molar-refractivity contribution < 1.29 is 33.0 Å². The Labute approximate surface area is 235 Å². The molecule has 5 rings (SSSR count). The molecule has 0 unspecified atom stereocenters. The average molecular weight is 557 g/mol. The summed E-state index contributed by atoms with van der Waals surface area (Å²) in [6.45, 7) is -0.351. The molecular weight excluding hydrogens is 530 g/mol. The number of carboxylic acids is 1. The van der Waals surface area contributed by atoms with E-state index in [1.807, 2.05) is 48.5 Å². The summed E-state index contributed by atoms with van der Waals surface area (Å²) in [7, 11) is 0. The summed E-state index contributed by atoms with van der Waals surface area (Å²) < 4.78 is 35.8. The molecule has 1 aliphatic rings. The summed E-state index contributed by atoms with van der Waals surface area (Å²) in [4.78, 5) is 38.2. The fourth-order valence-electron chi connectivity index (χ4n) is 5.03. The first-order valence-electron chi connectivity index (χ1n) is 13.0. The van der Waals surface area contributed by atoms with Gasteiger partial charge in [0.25, 0.3) is 5.91 Å². The van der Waals surface area contributed by atoms with Crippen LogP contribution in [0.15, 0.2) is 91.0 Å². The predicted octanol–water partition coefficient (Wildman–Crippen LogP) is 6.44. The zero-order valence-corrected chi connectivity index (χ0v) is 21.8. The number of aliphatic carboxylic acids is 1. The monoisotopic (exact) mass is 556 g/mol. The largest absolute Gasteiger partial charge is 0.481 e. The van der Waals surface area contributed by atoms with Gasteiger partial charge in [-0.1, -0.05) is 78.9 Å². The highest BCUT2D eigenvalue weighted by atomic mass is 19.1. The Balaban J connectivity index is 1.32. The quantitative estimate of drug-likeness (QED) is 0.247. The van der Waals surface area contributed by atoms with E-state index in [1.54, 1.807) is 30.3 Å². The molecule has 2 N–H and O–H groups in total. The molecule has 4 aromatic rings. The summed E-state index contributed by atoms with van der Waals surface area (Å²) in [5.41, 5.74) is 3.41. The summed E-state index contributed by atoms with van der Waals surface area (Å²) >= 11 is 0.